The van der Waals surface area contributed by atoms with E-state index in [-0.39, 0.29) is 29.6 Å². The molecular weight excluding hydrogens is 1410 g/mol. The Bertz CT molecular complexity index is 2960. The number of methoxy groups -OCH3 is 2. The molecule has 5 rings (SSSR count). The van der Waals surface area contributed by atoms with Crippen molar-refractivity contribution in [3.8, 4) is 0 Å². The zero-order valence-corrected chi connectivity index (χ0v) is 66.2. The summed E-state index contributed by atoms with van der Waals surface area (Å²) < 4.78 is 95.7. The molecule has 0 aromatic heterocycles. The van der Waals surface area contributed by atoms with Gasteiger partial charge in [0.25, 0.3) is 0 Å². The standard InChI is InChI=1S/C82H125NO26/c1-11-13-15-17-19-21-23-25-27-29-31-37-45-61(46-38-32-30-28-26-24-22-20-18-16-14-12-2)76(90)83-51-43-33-34-44-52-96-80-73(103-59(7)88)69(101-57(5)86)66(99-55(3)84)64(105-80)53-97-81-74(104-60(8)89)70(102-58(6)87)67(100-56(4)85)65(106-81)54-98-82-75(108-78(92)63-49-41-36-42-50-63)71(68(94-9)72(109-82)79(93)95-10)107-77(91)62-47-39-35-40-48-62/h35-36,39-42,47-50,61,64-75,80-82H,11-34,37-38,43-46,51-54H2,1-10H3,(H,83,90)/t64-,65-,66+,67+,68+,69+,70+,71+,72+,73-,74-,75-,80-,81-,82-/m1/s1. The van der Waals surface area contributed by atoms with Crippen LogP contribution < -0.4 is 5.32 Å². The second-order valence-electron chi connectivity index (χ2n) is 28.4. The maximum absolute atomic E-state index is 14.0. The minimum Gasteiger partial charge on any atom is -0.467 e. The number of carbonyl (C=O) groups excluding carboxylic acids is 10. The van der Waals surface area contributed by atoms with E-state index in [0.29, 0.717) is 25.8 Å². The molecule has 0 saturated carbocycles. The summed E-state index contributed by atoms with van der Waals surface area (Å²) in [6, 6.07) is 15.4. The number of benzene rings is 2. The van der Waals surface area contributed by atoms with Gasteiger partial charge in [-0.15, -0.1) is 0 Å². The quantitative estimate of drug-likeness (QED) is 0.0365. The highest BCUT2D eigenvalue weighted by molar-refractivity contribution is 5.90. The number of unbranched alkanes of at least 4 members (excludes halogenated alkanes) is 25. The van der Waals surface area contributed by atoms with Crippen molar-refractivity contribution in [1.82, 2.24) is 5.32 Å². The molecule has 27 nitrogen and oxygen atoms in total. The normalized spacial score (nSPS) is 23.9. The van der Waals surface area contributed by atoms with E-state index in [4.69, 9.17) is 75.8 Å². The third kappa shape index (κ3) is 34.2. The zero-order chi connectivity index (χ0) is 79.3. The van der Waals surface area contributed by atoms with Crippen molar-refractivity contribution in [3.05, 3.63) is 71.8 Å². The van der Waals surface area contributed by atoms with E-state index < -0.39 is 159 Å². The number of rotatable bonds is 53. The van der Waals surface area contributed by atoms with Gasteiger partial charge in [0.05, 0.1) is 31.5 Å². The summed E-state index contributed by atoms with van der Waals surface area (Å²) in [5.41, 5.74) is 0.0947. The maximum atomic E-state index is 14.0. The van der Waals surface area contributed by atoms with Gasteiger partial charge in [-0.3, -0.25) is 33.6 Å². The lowest BCUT2D eigenvalue weighted by Gasteiger charge is -2.47. The van der Waals surface area contributed by atoms with E-state index in [1.807, 2.05) is 0 Å². The molecule has 3 heterocycles. The van der Waals surface area contributed by atoms with Gasteiger partial charge < -0.3 is 81.1 Å². The van der Waals surface area contributed by atoms with Gasteiger partial charge in [-0.1, -0.05) is 217 Å². The van der Waals surface area contributed by atoms with Gasteiger partial charge >= 0.3 is 53.7 Å². The number of hydrogen-bond donors (Lipinski definition) is 1. The molecule has 0 radical (unpaired) electrons. The fourth-order valence-corrected chi connectivity index (χ4v) is 13.9. The van der Waals surface area contributed by atoms with Crippen molar-refractivity contribution < 1.29 is 124 Å². The summed E-state index contributed by atoms with van der Waals surface area (Å²) in [6.07, 6.45) is 9.01. The molecule has 1 N–H and O–H groups in total. The van der Waals surface area contributed by atoms with Gasteiger partial charge in [-0.25, -0.2) is 14.4 Å². The van der Waals surface area contributed by atoms with Crippen LogP contribution in [0.5, 0.6) is 0 Å². The molecular formula is C82H125NO26. The summed E-state index contributed by atoms with van der Waals surface area (Å²) in [4.78, 5) is 134. The van der Waals surface area contributed by atoms with Gasteiger partial charge in [-0.05, 0) is 49.9 Å². The van der Waals surface area contributed by atoms with Crippen LogP contribution in [0.15, 0.2) is 60.7 Å². The zero-order valence-electron chi connectivity index (χ0n) is 66.2. The molecule has 0 spiro atoms. The van der Waals surface area contributed by atoms with Crippen LogP contribution in [0, 0.1) is 5.92 Å². The predicted molar refractivity (Wildman–Crippen MR) is 398 cm³/mol. The van der Waals surface area contributed by atoms with Crippen LogP contribution in [-0.4, -0.2) is 192 Å². The maximum Gasteiger partial charge on any atom is 0.338 e. The molecule has 15 atom stereocenters. The molecule has 1 amide bonds. The van der Waals surface area contributed by atoms with E-state index >= 15 is 0 Å². The fourth-order valence-electron chi connectivity index (χ4n) is 13.9. The lowest BCUT2D eigenvalue weighted by molar-refractivity contribution is -0.343. The topological polar surface area (TPSA) is 330 Å². The van der Waals surface area contributed by atoms with Crippen molar-refractivity contribution in [2.75, 3.05) is 40.6 Å². The monoisotopic (exact) mass is 1540 g/mol. The summed E-state index contributed by atoms with van der Waals surface area (Å²) in [5, 5.41) is 3.24. The molecule has 2 aromatic rings. The van der Waals surface area contributed by atoms with Crippen molar-refractivity contribution in [2.45, 2.75) is 340 Å². The van der Waals surface area contributed by atoms with Gasteiger partial charge in [0.2, 0.25) is 5.91 Å². The average Bonchev–Trinajstić information content (AvgIpc) is 0.778. The van der Waals surface area contributed by atoms with E-state index in [1.54, 1.807) is 36.4 Å². The van der Waals surface area contributed by atoms with E-state index in [9.17, 15) is 47.9 Å². The highest BCUT2D eigenvalue weighted by Crippen LogP contribution is 2.37. The minimum atomic E-state index is -1.92. The SMILES string of the molecule is CCCCCCCCCCCCCCC(CCCCCCCCCCCCCC)C(=O)NCCCCCCO[C@@H]1O[C@H](CO[C@@H]2O[C@H](CO[C@@H]3O[C@H](C(=O)OC)[C@@H](OC)[C@H](OC(=O)c4ccccc4)[C@H]3OC(=O)c3ccccc3)[C@H](OC(C)=O)[C@H](OC(C)=O)[C@H]2OC(C)=O)[C@H](OC(C)=O)[C@H](OC(C)=O)[C@H]1OC(C)=O. The van der Waals surface area contributed by atoms with Crippen molar-refractivity contribution in [3.63, 3.8) is 0 Å². The third-order valence-electron chi connectivity index (χ3n) is 19.4. The first-order valence-electron chi connectivity index (χ1n) is 39.9. The van der Waals surface area contributed by atoms with Crippen LogP contribution in [0.4, 0.5) is 0 Å². The Morgan fingerprint density at radius 2 is 0.679 bits per heavy atom. The molecule has 614 valence electrons. The van der Waals surface area contributed by atoms with Crippen molar-refractivity contribution in [2.24, 2.45) is 5.92 Å². The fraction of sp³-hybridized carbons (Fsp3) is 0.732. The van der Waals surface area contributed by atoms with E-state index in [1.165, 1.54) is 160 Å². The second-order valence-corrected chi connectivity index (χ2v) is 28.4. The van der Waals surface area contributed by atoms with E-state index in [0.717, 1.165) is 93.6 Å². The smallest absolute Gasteiger partial charge is 0.338 e. The lowest BCUT2D eigenvalue weighted by atomic mass is 9.93. The van der Waals surface area contributed by atoms with Gasteiger partial charge in [0.15, 0.2) is 73.8 Å². The Morgan fingerprint density at radius 1 is 0.358 bits per heavy atom. The molecule has 0 unspecified atom stereocenters. The van der Waals surface area contributed by atoms with Crippen LogP contribution in [0.25, 0.3) is 0 Å². The molecule has 0 bridgehead atoms. The molecule has 2 aromatic carbocycles. The largest absolute Gasteiger partial charge is 0.467 e. The molecule has 27 heteroatoms. The van der Waals surface area contributed by atoms with Crippen LogP contribution >= 0.6 is 0 Å². The molecule has 3 fully saturated rings. The Kier molecular flexibility index (Phi) is 44.9. The first-order chi connectivity index (χ1) is 52.6. The van der Waals surface area contributed by atoms with Gasteiger partial charge in [0.1, 0.15) is 18.3 Å². The molecule has 109 heavy (non-hydrogen) atoms. The first kappa shape index (κ1) is 92.5. The second kappa shape index (κ2) is 52.9. The number of hydrogen-bond acceptors (Lipinski definition) is 26. The predicted octanol–water partition coefficient (Wildman–Crippen LogP) is 12.9. The number of ether oxygens (including phenoxy) is 16. The summed E-state index contributed by atoms with van der Waals surface area (Å²) in [6.45, 7) is 9.80. The van der Waals surface area contributed by atoms with Gasteiger partial charge in [0, 0.05) is 67.7 Å². The minimum absolute atomic E-state index is 0.0107. The summed E-state index contributed by atoms with van der Waals surface area (Å²) in [7, 11) is 2.25. The highest BCUT2D eigenvalue weighted by atomic mass is 16.8. The van der Waals surface area contributed by atoms with Crippen molar-refractivity contribution >= 4 is 59.6 Å². The van der Waals surface area contributed by atoms with Crippen LogP contribution in [0.3, 0.4) is 0 Å². The highest BCUT2D eigenvalue weighted by Gasteiger charge is 2.58. The average molecular weight is 1540 g/mol. The number of carbonyl (C=O) groups is 10. The summed E-state index contributed by atoms with van der Waals surface area (Å²) in [5.74, 6) is -8.38. The molecule has 3 aliphatic heterocycles. The van der Waals surface area contributed by atoms with Gasteiger partial charge in [-0.2, -0.15) is 0 Å². The van der Waals surface area contributed by atoms with Crippen LogP contribution in [0.1, 0.15) is 269 Å². The Balaban J connectivity index is 1.33. The molecule has 0 aliphatic carbocycles. The summed E-state index contributed by atoms with van der Waals surface area (Å²) >= 11 is 0. The van der Waals surface area contributed by atoms with E-state index in [2.05, 4.69) is 19.2 Å². The Morgan fingerprint density at radius 3 is 1.06 bits per heavy atom. The first-order valence-corrected chi connectivity index (χ1v) is 39.9. The number of nitrogens with one attached hydrogen (secondary N) is 1. The number of amides is 1. The van der Waals surface area contributed by atoms with Crippen LogP contribution in [-0.2, 0) is 114 Å². The lowest BCUT2D eigenvalue weighted by Crippen LogP contribution is -2.66. The Labute approximate surface area is 644 Å². The Hall–Kier alpha value is -7.14. The van der Waals surface area contributed by atoms with Crippen molar-refractivity contribution in [1.29, 1.82) is 0 Å². The molecule has 3 aliphatic rings. The number of esters is 9. The molecule has 3 saturated heterocycles. The third-order valence-corrected chi connectivity index (χ3v) is 19.4. The van der Waals surface area contributed by atoms with Crippen LogP contribution in [0.2, 0.25) is 0 Å².